The predicted molar refractivity (Wildman–Crippen MR) is 117 cm³/mol. The molecule has 1 saturated heterocycles. The Morgan fingerprint density at radius 2 is 1.83 bits per heavy atom. The van der Waals surface area contributed by atoms with Crippen LogP contribution >= 0.6 is 0 Å². The number of hydrogen-bond donors (Lipinski definition) is 0. The molecule has 0 atom stereocenters. The van der Waals surface area contributed by atoms with Gasteiger partial charge >= 0.3 is 0 Å². The van der Waals surface area contributed by atoms with Crippen molar-refractivity contribution in [1.82, 2.24) is 14.5 Å². The molecular weight excluding hydrogens is 398 g/mol. The molecule has 0 amide bonds. The SMILES string of the molecule is CS(=O)(=O)c1ccc2c(ccn2-c2ccc(OC3CCN(C4CCC4)CC3)cn2)c1. The molecule has 0 bridgehead atoms. The molecule has 2 fully saturated rings. The number of piperidine rings is 1. The number of ether oxygens (including phenoxy) is 1. The monoisotopic (exact) mass is 425 g/mol. The lowest BCUT2D eigenvalue weighted by Gasteiger charge is -2.41. The molecule has 0 radical (unpaired) electrons. The predicted octanol–water partition coefficient (Wildman–Crippen LogP) is 3.82. The molecular formula is C23H27N3O3S. The van der Waals surface area contributed by atoms with Crippen LogP contribution in [0, 0.1) is 0 Å². The molecule has 3 aromatic rings. The van der Waals surface area contributed by atoms with Crippen LogP contribution in [0.5, 0.6) is 5.75 Å². The van der Waals surface area contributed by atoms with Crippen molar-refractivity contribution in [3.05, 3.63) is 48.8 Å². The van der Waals surface area contributed by atoms with Gasteiger partial charge in [-0.1, -0.05) is 6.42 Å². The van der Waals surface area contributed by atoms with Crippen LogP contribution in [0.4, 0.5) is 0 Å². The molecule has 158 valence electrons. The van der Waals surface area contributed by atoms with Crippen molar-refractivity contribution in [2.75, 3.05) is 19.3 Å². The third-order valence-electron chi connectivity index (χ3n) is 6.43. The van der Waals surface area contributed by atoms with Crippen molar-refractivity contribution in [3.8, 4) is 11.6 Å². The zero-order valence-electron chi connectivity index (χ0n) is 17.2. The number of nitrogens with zero attached hydrogens (tertiary/aromatic N) is 3. The van der Waals surface area contributed by atoms with E-state index in [0.29, 0.717) is 4.90 Å². The summed E-state index contributed by atoms with van der Waals surface area (Å²) in [7, 11) is -3.22. The van der Waals surface area contributed by atoms with Crippen LogP contribution in [-0.2, 0) is 9.84 Å². The minimum Gasteiger partial charge on any atom is -0.489 e. The van der Waals surface area contributed by atoms with Crippen LogP contribution < -0.4 is 4.74 Å². The average molecular weight is 426 g/mol. The fourth-order valence-electron chi connectivity index (χ4n) is 4.44. The highest BCUT2D eigenvalue weighted by molar-refractivity contribution is 7.90. The first-order valence-corrected chi connectivity index (χ1v) is 12.5. The number of likely N-dealkylation sites (tertiary alicyclic amines) is 1. The van der Waals surface area contributed by atoms with Crippen LogP contribution in [0.2, 0.25) is 0 Å². The molecule has 6 nitrogen and oxygen atoms in total. The van der Waals surface area contributed by atoms with Crippen molar-refractivity contribution in [3.63, 3.8) is 0 Å². The van der Waals surface area contributed by atoms with Crippen LogP contribution in [0.25, 0.3) is 16.7 Å². The Kier molecular flexibility index (Phi) is 5.03. The molecule has 3 heterocycles. The second kappa shape index (κ2) is 7.71. The first-order valence-electron chi connectivity index (χ1n) is 10.7. The number of benzene rings is 1. The molecule has 2 aliphatic rings. The Bertz CT molecular complexity index is 1140. The van der Waals surface area contributed by atoms with E-state index in [4.69, 9.17) is 4.74 Å². The smallest absolute Gasteiger partial charge is 0.175 e. The Labute approximate surface area is 177 Å². The van der Waals surface area contributed by atoms with Crippen LogP contribution in [0.1, 0.15) is 32.1 Å². The first kappa shape index (κ1) is 19.6. The highest BCUT2D eigenvalue weighted by Gasteiger charge is 2.29. The summed E-state index contributed by atoms with van der Waals surface area (Å²) in [5.74, 6) is 1.58. The number of fused-ring (bicyclic) bond motifs is 1. The Balaban J connectivity index is 1.27. The molecule has 0 unspecified atom stereocenters. The normalized spacial score (nSPS) is 19.1. The lowest BCUT2D eigenvalue weighted by molar-refractivity contribution is 0.0492. The van der Waals surface area contributed by atoms with Gasteiger partial charge in [-0.15, -0.1) is 0 Å². The zero-order chi connectivity index (χ0) is 20.7. The third kappa shape index (κ3) is 3.84. The first-order chi connectivity index (χ1) is 14.5. The van der Waals surface area contributed by atoms with Crippen LogP contribution in [0.15, 0.2) is 53.7 Å². The van der Waals surface area contributed by atoms with Gasteiger partial charge in [-0.05, 0) is 62.1 Å². The number of hydrogen-bond acceptors (Lipinski definition) is 5. The summed E-state index contributed by atoms with van der Waals surface area (Å²) in [5.41, 5.74) is 0.923. The molecule has 1 saturated carbocycles. The zero-order valence-corrected chi connectivity index (χ0v) is 18.0. The summed E-state index contributed by atoms with van der Waals surface area (Å²) in [6, 6.07) is 11.8. The molecule has 0 spiro atoms. The van der Waals surface area contributed by atoms with Gasteiger partial charge in [0.05, 0.1) is 16.6 Å². The van der Waals surface area contributed by atoms with Gasteiger partial charge in [0.1, 0.15) is 17.7 Å². The van der Waals surface area contributed by atoms with Gasteiger partial charge in [-0.25, -0.2) is 13.4 Å². The fraction of sp³-hybridized carbons (Fsp3) is 0.435. The van der Waals surface area contributed by atoms with Crippen molar-refractivity contribution < 1.29 is 13.2 Å². The second-order valence-electron chi connectivity index (χ2n) is 8.47. The van der Waals surface area contributed by atoms with Gasteiger partial charge in [-0.3, -0.25) is 0 Å². The molecule has 1 aliphatic heterocycles. The summed E-state index contributed by atoms with van der Waals surface area (Å²) in [5, 5.41) is 0.873. The topological polar surface area (TPSA) is 64.4 Å². The average Bonchev–Trinajstić information content (AvgIpc) is 3.11. The highest BCUT2D eigenvalue weighted by atomic mass is 32.2. The molecule has 0 N–H and O–H groups in total. The summed E-state index contributed by atoms with van der Waals surface area (Å²) < 4.78 is 31.7. The maximum absolute atomic E-state index is 11.8. The largest absolute Gasteiger partial charge is 0.489 e. The summed E-state index contributed by atoms with van der Waals surface area (Å²) >= 11 is 0. The highest BCUT2D eigenvalue weighted by Crippen LogP contribution is 2.29. The lowest BCUT2D eigenvalue weighted by atomic mass is 9.90. The standard InChI is InChI=1S/C23H27N3O3S/c1-30(27,28)21-6-7-22-17(15-21)9-14-26(22)23-8-5-20(16-24-23)29-19-10-12-25(13-11-19)18-3-2-4-18/h5-9,14-16,18-19H,2-4,10-13H2,1H3. The van der Waals surface area contributed by atoms with Gasteiger partial charge in [0.15, 0.2) is 9.84 Å². The molecule has 5 rings (SSSR count). The minimum atomic E-state index is -3.22. The lowest BCUT2D eigenvalue weighted by Crippen LogP contribution is -2.46. The van der Waals surface area contributed by atoms with Crippen molar-refractivity contribution >= 4 is 20.7 Å². The van der Waals surface area contributed by atoms with E-state index in [0.717, 1.165) is 54.4 Å². The van der Waals surface area contributed by atoms with Gasteiger partial charge in [0.25, 0.3) is 0 Å². The number of rotatable bonds is 5. The molecule has 7 heteroatoms. The molecule has 1 aromatic carbocycles. The van der Waals surface area contributed by atoms with Crippen LogP contribution in [0.3, 0.4) is 0 Å². The van der Waals surface area contributed by atoms with Crippen molar-refractivity contribution in [1.29, 1.82) is 0 Å². The van der Waals surface area contributed by atoms with Gasteiger partial charge < -0.3 is 14.2 Å². The number of sulfone groups is 1. The van der Waals surface area contributed by atoms with E-state index >= 15 is 0 Å². The van der Waals surface area contributed by atoms with Gasteiger partial charge in [-0.2, -0.15) is 0 Å². The van der Waals surface area contributed by atoms with E-state index in [2.05, 4.69) is 9.88 Å². The van der Waals surface area contributed by atoms with E-state index in [1.54, 1.807) is 18.3 Å². The molecule has 30 heavy (non-hydrogen) atoms. The van der Waals surface area contributed by atoms with E-state index in [-0.39, 0.29) is 6.10 Å². The quantitative estimate of drug-likeness (QED) is 0.622. The Morgan fingerprint density at radius 1 is 1.03 bits per heavy atom. The van der Waals surface area contributed by atoms with E-state index < -0.39 is 9.84 Å². The van der Waals surface area contributed by atoms with E-state index in [1.165, 1.54) is 25.5 Å². The summed E-state index contributed by atoms with van der Waals surface area (Å²) in [4.78, 5) is 7.53. The summed E-state index contributed by atoms with van der Waals surface area (Å²) in [6.45, 7) is 2.26. The number of aromatic nitrogens is 2. The van der Waals surface area contributed by atoms with E-state index in [9.17, 15) is 8.42 Å². The van der Waals surface area contributed by atoms with E-state index in [1.807, 2.05) is 35.0 Å². The Hall–Kier alpha value is -2.38. The Morgan fingerprint density at radius 3 is 2.47 bits per heavy atom. The summed E-state index contributed by atoms with van der Waals surface area (Å²) in [6.07, 6.45) is 11.4. The van der Waals surface area contributed by atoms with Gasteiger partial charge in [0.2, 0.25) is 0 Å². The van der Waals surface area contributed by atoms with Crippen molar-refractivity contribution in [2.24, 2.45) is 0 Å². The van der Waals surface area contributed by atoms with Crippen LogP contribution in [-0.4, -0.2) is 54.4 Å². The third-order valence-corrected chi connectivity index (χ3v) is 7.54. The maximum atomic E-state index is 11.8. The minimum absolute atomic E-state index is 0.260. The molecule has 2 aromatic heterocycles. The fourth-order valence-corrected chi connectivity index (χ4v) is 5.10. The van der Waals surface area contributed by atoms with Crippen molar-refractivity contribution in [2.45, 2.75) is 49.1 Å². The van der Waals surface area contributed by atoms with Gasteiger partial charge in [0, 0.05) is 37.0 Å². The number of pyridine rings is 1. The second-order valence-corrected chi connectivity index (χ2v) is 10.5. The molecule has 1 aliphatic carbocycles. The maximum Gasteiger partial charge on any atom is 0.175 e.